The summed E-state index contributed by atoms with van der Waals surface area (Å²) in [4.78, 5) is 14.8. The van der Waals surface area contributed by atoms with E-state index in [0.29, 0.717) is 5.56 Å². The van der Waals surface area contributed by atoms with Crippen LogP contribution in [0.2, 0.25) is 0 Å². The summed E-state index contributed by atoms with van der Waals surface area (Å²) >= 11 is 0. The van der Waals surface area contributed by atoms with Crippen LogP contribution in [-0.2, 0) is 4.79 Å². The van der Waals surface area contributed by atoms with Crippen LogP contribution in [0, 0.1) is 6.92 Å². The van der Waals surface area contributed by atoms with Crippen LogP contribution in [-0.4, -0.2) is 16.1 Å². The maximum Gasteiger partial charge on any atom is 0.325 e. The monoisotopic (exact) mass is 216 g/mol. The third-order valence-corrected chi connectivity index (χ3v) is 2.61. The summed E-state index contributed by atoms with van der Waals surface area (Å²) in [5, 5.41) is 10.8. The SMILES string of the molecule is Cc1cncc2cc(C(N)C(=O)O)ccc12. The number of pyridine rings is 1. The van der Waals surface area contributed by atoms with Crippen molar-refractivity contribution in [2.45, 2.75) is 13.0 Å². The molecule has 1 unspecified atom stereocenters. The van der Waals surface area contributed by atoms with Crippen LogP contribution in [0.3, 0.4) is 0 Å². The molecule has 0 fully saturated rings. The fraction of sp³-hybridized carbons (Fsp3) is 0.167. The number of hydrogen-bond acceptors (Lipinski definition) is 3. The van der Waals surface area contributed by atoms with Gasteiger partial charge < -0.3 is 10.8 Å². The highest BCUT2D eigenvalue weighted by molar-refractivity contribution is 5.86. The predicted octanol–water partition coefficient (Wildman–Crippen LogP) is 1.63. The Kier molecular flexibility index (Phi) is 2.58. The van der Waals surface area contributed by atoms with E-state index in [4.69, 9.17) is 10.8 Å². The number of fused-ring (bicyclic) bond motifs is 1. The van der Waals surface area contributed by atoms with Crippen LogP contribution in [0.1, 0.15) is 17.2 Å². The third kappa shape index (κ3) is 1.75. The molecule has 1 aromatic heterocycles. The molecule has 0 saturated heterocycles. The normalized spacial score (nSPS) is 12.6. The van der Waals surface area contributed by atoms with Gasteiger partial charge in [-0.15, -0.1) is 0 Å². The average Bonchev–Trinajstić information content (AvgIpc) is 2.28. The van der Waals surface area contributed by atoms with Gasteiger partial charge in [0.25, 0.3) is 0 Å². The van der Waals surface area contributed by atoms with E-state index in [1.165, 1.54) is 0 Å². The number of carboxylic acids is 1. The van der Waals surface area contributed by atoms with E-state index in [-0.39, 0.29) is 0 Å². The lowest BCUT2D eigenvalue weighted by Crippen LogP contribution is -2.20. The Morgan fingerprint density at radius 1 is 1.44 bits per heavy atom. The number of aliphatic carboxylic acids is 1. The van der Waals surface area contributed by atoms with E-state index >= 15 is 0 Å². The predicted molar refractivity (Wildman–Crippen MR) is 61.0 cm³/mol. The first-order valence-corrected chi connectivity index (χ1v) is 4.92. The summed E-state index contributed by atoms with van der Waals surface area (Å²) < 4.78 is 0. The van der Waals surface area contributed by atoms with Gasteiger partial charge in [-0.25, -0.2) is 0 Å². The number of aromatic nitrogens is 1. The molecular formula is C12H12N2O2. The number of benzene rings is 1. The van der Waals surface area contributed by atoms with Gasteiger partial charge in [-0.1, -0.05) is 12.1 Å². The largest absolute Gasteiger partial charge is 0.480 e. The summed E-state index contributed by atoms with van der Waals surface area (Å²) in [6.45, 7) is 1.96. The Hall–Kier alpha value is -1.94. The minimum absolute atomic E-state index is 0.590. The molecule has 0 saturated carbocycles. The molecule has 2 rings (SSSR count). The molecule has 0 aliphatic heterocycles. The molecule has 0 amide bonds. The Balaban J connectivity index is 2.57. The first kappa shape index (κ1) is 10.6. The van der Waals surface area contributed by atoms with Crippen LogP contribution in [0.25, 0.3) is 10.8 Å². The number of aryl methyl sites for hydroxylation is 1. The van der Waals surface area contributed by atoms with Gasteiger partial charge in [0.05, 0.1) is 0 Å². The van der Waals surface area contributed by atoms with Gasteiger partial charge in [0.2, 0.25) is 0 Å². The summed E-state index contributed by atoms with van der Waals surface area (Å²) in [5.74, 6) is -1.03. The lowest BCUT2D eigenvalue weighted by Gasteiger charge is -2.08. The standard InChI is InChI=1S/C12H12N2O2/c1-7-5-14-6-9-4-8(2-3-10(7)9)11(13)12(15)16/h2-6,11H,13H2,1H3,(H,15,16). The highest BCUT2D eigenvalue weighted by Gasteiger charge is 2.14. The number of nitrogens with two attached hydrogens (primary N) is 1. The molecule has 1 heterocycles. The van der Waals surface area contributed by atoms with Crippen molar-refractivity contribution in [2.24, 2.45) is 5.73 Å². The van der Waals surface area contributed by atoms with E-state index in [1.54, 1.807) is 24.5 Å². The maximum atomic E-state index is 10.8. The van der Waals surface area contributed by atoms with Crippen LogP contribution < -0.4 is 5.73 Å². The highest BCUT2D eigenvalue weighted by atomic mass is 16.4. The average molecular weight is 216 g/mol. The van der Waals surface area contributed by atoms with Crippen LogP contribution in [0.5, 0.6) is 0 Å². The summed E-state index contributed by atoms with van der Waals surface area (Å²) in [5.41, 5.74) is 7.20. The van der Waals surface area contributed by atoms with Crippen molar-refractivity contribution < 1.29 is 9.90 Å². The van der Waals surface area contributed by atoms with Crippen LogP contribution in [0.4, 0.5) is 0 Å². The van der Waals surface area contributed by atoms with E-state index < -0.39 is 12.0 Å². The van der Waals surface area contributed by atoms with E-state index in [2.05, 4.69) is 4.98 Å². The molecular weight excluding hydrogens is 204 g/mol. The molecule has 4 nitrogen and oxygen atoms in total. The van der Waals surface area contributed by atoms with Crippen molar-refractivity contribution >= 4 is 16.7 Å². The van der Waals surface area contributed by atoms with E-state index in [1.807, 2.05) is 13.0 Å². The quantitative estimate of drug-likeness (QED) is 0.799. The van der Waals surface area contributed by atoms with Crippen molar-refractivity contribution in [1.29, 1.82) is 0 Å². The number of nitrogens with zero attached hydrogens (tertiary/aromatic N) is 1. The van der Waals surface area contributed by atoms with Crippen molar-refractivity contribution in [3.8, 4) is 0 Å². The highest BCUT2D eigenvalue weighted by Crippen LogP contribution is 2.21. The van der Waals surface area contributed by atoms with Gasteiger partial charge in [-0.2, -0.15) is 0 Å². The zero-order valence-electron chi connectivity index (χ0n) is 8.84. The maximum absolute atomic E-state index is 10.8. The van der Waals surface area contributed by atoms with Crippen molar-refractivity contribution in [1.82, 2.24) is 4.98 Å². The minimum atomic E-state index is -1.03. The topological polar surface area (TPSA) is 76.2 Å². The second-order valence-electron chi connectivity index (χ2n) is 3.75. The molecule has 0 radical (unpaired) electrons. The first-order valence-electron chi connectivity index (χ1n) is 4.92. The fourth-order valence-electron chi connectivity index (χ4n) is 1.68. The molecule has 0 bridgehead atoms. The summed E-state index contributed by atoms with van der Waals surface area (Å²) in [7, 11) is 0. The minimum Gasteiger partial charge on any atom is -0.480 e. The molecule has 3 N–H and O–H groups in total. The van der Waals surface area contributed by atoms with Crippen LogP contribution in [0.15, 0.2) is 30.6 Å². The van der Waals surface area contributed by atoms with Crippen molar-refractivity contribution in [2.75, 3.05) is 0 Å². The number of hydrogen-bond donors (Lipinski definition) is 2. The van der Waals surface area contributed by atoms with Gasteiger partial charge in [0, 0.05) is 17.8 Å². The Morgan fingerprint density at radius 2 is 2.19 bits per heavy atom. The lowest BCUT2D eigenvalue weighted by atomic mass is 10.0. The molecule has 2 aromatic rings. The Morgan fingerprint density at radius 3 is 2.88 bits per heavy atom. The molecule has 4 heteroatoms. The molecule has 16 heavy (non-hydrogen) atoms. The number of carbonyl (C=O) groups is 1. The first-order chi connectivity index (χ1) is 7.59. The van der Waals surface area contributed by atoms with Gasteiger partial charge in [-0.3, -0.25) is 9.78 Å². The molecule has 0 spiro atoms. The zero-order chi connectivity index (χ0) is 11.7. The molecule has 1 aromatic carbocycles. The van der Waals surface area contributed by atoms with Crippen molar-refractivity contribution in [3.63, 3.8) is 0 Å². The van der Waals surface area contributed by atoms with Crippen LogP contribution >= 0.6 is 0 Å². The second kappa shape index (κ2) is 3.90. The third-order valence-electron chi connectivity index (χ3n) is 2.61. The molecule has 82 valence electrons. The fourth-order valence-corrected chi connectivity index (χ4v) is 1.68. The van der Waals surface area contributed by atoms with E-state index in [9.17, 15) is 4.79 Å². The van der Waals surface area contributed by atoms with Gasteiger partial charge in [0.15, 0.2) is 0 Å². The molecule has 0 aliphatic rings. The molecule has 0 aliphatic carbocycles. The zero-order valence-corrected chi connectivity index (χ0v) is 8.84. The molecule has 1 atom stereocenters. The number of rotatable bonds is 2. The van der Waals surface area contributed by atoms with Gasteiger partial charge >= 0.3 is 5.97 Å². The lowest BCUT2D eigenvalue weighted by molar-refractivity contribution is -0.138. The number of carboxylic acid groups (broad SMARTS) is 1. The summed E-state index contributed by atoms with van der Waals surface area (Å²) in [6, 6.07) is 4.41. The summed E-state index contributed by atoms with van der Waals surface area (Å²) in [6.07, 6.45) is 3.49. The van der Waals surface area contributed by atoms with Gasteiger partial charge in [0.1, 0.15) is 6.04 Å². The smallest absolute Gasteiger partial charge is 0.325 e. The Bertz CT molecular complexity index is 552. The van der Waals surface area contributed by atoms with Crippen molar-refractivity contribution in [3.05, 3.63) is 41.7 Å². The second-order valence-corrected chi connectivity index (χ2v) is 3.75. The van der Waals surface area contributed by atoms with E-state index in [0.717, 1.165) is 16.3 Å². The van der Waals surface area contributed by atoms with Gasteiger partial charge in [-0.05, 0) is 29.5 Å². The Labute approximate surface area is 92.7 Å².